The molecule has 0 aliphatic rings. The molecule has 7 heteroatoms. The second kappa shape index (κ2) is 7.57. The Kier molecular flexibility index (Phi) is 5.74. The van der Waals surface area contributed by atoms with E-state index in [4.69, 9.17) is 16.7 Å². The third kappa shape index (κ3) is 4.77. The van der Waals surface area contributed by atoms with Crippen molar-refractivity contribution in [1.82, 2.24) is 10.3 Å². The summed E-state index contributed by atoms with van der Waals surface area (Å²) in [6, 6.07) is 6.43. The number of carboxylic acids is 1. The van der Waals surface area contributed by atoms with Crippen molar-refractivity contribution in [2.24, 2.45) is 5.92 Å². The molecule has 23 heavy (non-hydrogen) atoms. The highest BCUT2D eigenvalue weighted by Gasteiger charge is 2.23. The predicted molar refractivity (Wildman–Crippen MR) is 90.7 cm³/mol. The van der Waals surface area contributed by atoms with Gasteiger partial charge in [0.2, 0.25) is 5.91 Å². The Morgan fingerprint density at radius 1 is 1.39 bits per heavy atom. The number of halogens is 1. The first-order chi connectivity index (χ1) is 10.9. The number of nitrogens with one attached hydrogen (secondary N) is 1. The van der Waals surface area contributed by atoms with Gasteiger partial charge >= 0.3 is 5.97 Å². The lowest BCUT2D eigenvalue weighted by molar-refractivity contribution is -0.143. The Labute approximate surface area is 143 Å². The molecule has 5 nitrogen and oxygen atoms in total. The van der Waals surface area contributed by atoms with Crippen LogP contribution in [0.3, 0.4) is 0 Å². The molecule has 0 saturated carbocycles. The van der Waals surface area contributed by atoms with Gasteiger partial charge in [-0.25, -0.2) is 9.78 Å². The monoisotopic (exact) mass is 352 g/mol. The SMILES string of the molecule is CC(C)[C@@H](NC(=O)Cc1csc(-c2cccc(Cl)c2)n1)C(=O)O. The van der Waals surface area contributed by atoms with Gasteiger partial charge in [0.25, 0.3) is 0 Å². The Morgan fingerprint density at radius 3 is 2.74 bits per heavy atom. The molecule has 1 atom stereocenters. The van der Waals surface area contributed by atoms with Crippen LogP contribution in [-0.4, -0.2) is 28.0 Å². The highest BCUT2D eigenvalue weighted by molar-refractivity contribution is 7.13. The minimum atomic E-state index is -1.04. The van der Waals surface area contributed by atoms with E-state index in [0.29, 0.717) is 10.7 Å². The minimum Gasteiger partial charge on any atom is -0.480 e. The molecule has 1 amide bonds. The molecule has 1 aromatic carbocycles. The molecule has 122 valence electrons. The molecule has 2 aromatic rings. The third-order valence-corrected chi connectivity index (χ3v) is 4.39. The number of aromatic nitrogens is 1. The van der Waals surface area contributed by atoms with E-state index < -0.39 is 12.0 Å². The number of amides is 1. The van der Waals surface area contributed by atoms with E-state index in [0.717, 1.165) is 10.6 Å². The van der Waals surface area contributed by atoms with E-state index in [1.165, 1.54) is 11.3 Å². The summed E-state index contributed by atoms with van der Waals surface area (Å²) in [5, 5.41) is 14.8. The Morgan fingerprint density at radius 2 is 2.13 bits per heavy atom. The molecule has 2 N–H and O–H groups in total. The molecule has 2 rings (SSSR count). The number of carbonyl (C=O) groups excluding carboxylic acids is 1. The van der Waals surface area contributed by atoms with Crippen LogP contribution in [-0.2, 0) is 16.0 Å². The number of rotatable bonds is 6. The second-order valence-corrected chi connectivity index (χ2v) is 6.75. The summed E-state index contributed by atoms with van der Waals surface area (Å²) in [7, 11) is 0. The fourth-order valence-electron chi connectivity index (χ4n) is 2.04. The van der Waals surface area contributed by atoms with Gasteiger partial charge < -0.3 is 10.4 Å². The fraction of sp³-hybridized carbons (Fsp3) is 0.312. The average molecular weight is 353 g/mol. The van der Waals surface area contributed by atoms with E-state index in [2.05, 4.69) is 10.3 Å². The summed E-state index contributed by atoms with van der Waals surface area (Å²) in [6.07, 6.45) is 0.0492. The number of aliphatic carboxylic acids is 1. The Balaban J connectivity index is 2.04. The van der Waals surface area contributed by atoms with Crippen molar-refractivity contribution < 1.29 is 14.7 Å². The van der Waals surface area contributed by atoms with Crippen LogP contribution in [0.15, 0.2) is 29.6 Å². The van der Waals surface area contributed by atoms with Crippen LogP contribution in [0.5, 0.6) is 0 Å². The van der Waals surface area contributed by atoms with Gasteiger partial charge in [-0.15, -0.1) is 11.3 Å². The fourth-order valence-corrected chi connectivity index (χ4v) is 3.05. The zero-order valence-electron chi connectivity index (χ0n) is 12.7. The maximum absolute atomic E-state index is 12.0. The van der Waals surface area contributed by atoms with E-state index >= 15 is 0 Å². The van der Waals surface area contributed by atoms with Gasteiger partial charge in [0.05, 0.1) is 12.1 Å². The van der Waals surface area contributed by atoms with Crippen LogP contribution < -0.4 is 5.32 Å². The van der Waals surface area contributed by atoms with Gasteiger partial charge in [-0.1, -0.05) is 37.6 Å². The summed E-state index contributed by atoms with van der Waals surface area (Å²) in [4.78, 5) is 27.5. The lowest BCUT2D eigenvalue weighted by atomic mass is 10.0. The maximum Gasteiger partial charge on any atom is 0.326 e. The van der Waals surface area contributed by atoms with Gasteiger partial charge in [-0.3, -0.25) is 4.79 Å². The van der Waals surface area contributed by atoms with Crippen LogP contribution in [0.2, 0.25) is 5.02 Å². The summed E-state index contributed by atoms with van der Waals surface area (Å²) < 4.78 is 0. The summed E-state index contributed by atoms with van der Waals surface area (Å²) in [6.45, 7) is 3.50. The molecule has 0 unspecified atom stereocenters. The lowest BCUT2D eigenvalue weighted by Gasteiger charge is -2.17. The smallest absolute Gasteiger partial charge is 0.326 e. The number of thiazole rings is 1. The number of nitrogens with zero attached hydrogens (tertiary/aromatic N) is 1. The van der Waals surface area contributed by atoms with Crippen molar-refractivity contribution in [3.05, 3.63) is 40.4 Å². The quantitative estimate of drug-likeness (QED) is 0.836. The van der Waals surface area contributed by atoms with Gasteiger partial charge in [0, 0.05) is 16.0 Å². The van der Waals surface area contributed by atoms with E-state index in [-0.39, 0.29) is 18.2 Å². The molecule has 1 aromatic heterocycles. The first-order valence-electron chi connectivity index (χ1n) is 7.09. The van der Waals surface area contributed by atoms with Crippen LogP contribution in [0.1, 0.15) is 19.5 Å². The molecule has 0 aliphatic carbocycles. The summed E-state index contributed by atoms with van der Waals surface area (Å²) in [5.41, 5.74) is 1.50. The van der Waals surface area contributed by atoms with Crippen molar-refractivity contribution in [2.45, 2.75) is 26.3 Å². The molecule has 0 radical (unpaired) electrons. The van der Waals surface area contributed by atoms with Crippen LogP contribution in [0, 0.1) is 5.92 Å². The number of hydrogen-bond donors (Lipinski definition) is 2. The second-order valence-electron chi connectivity index (χ2n) is 5.46. The molecule has 0 fully saturated rings. The van der Waals surface area contributed by atoms with E-state index in [1.54, 1.807) is 25.3 Å². The minimum absolute atomic E-state index is 0.0492. The number of hydrogen-bond acceptors (Lipinski definition) is 4. The average Bonchev–Trinajstić information content (AvgIpc) is 2.92. The molecular weight excluding hydrogens is 336 g/mol. The van der Waals surface area contributed by atoms with Crippen molar-refractivity contribution in [1.29, 1.82) is 0 Å². The van der Waals surface area contributed by atoms with E-state index in [1.807, 2.05) is 18.2 Å². The Hall–Kier alpha value is -1.92. The first kappa shape index (κ1) is 17.4. The van der Waals surface area contributed by atoms with Crippen molar-refractivity contribution >= 4 is 34.8 Å². The third-order valence-electron chi connectivity index (χ3n) is 3.21. The number of carboxylic acid groups (broad SMARTS) is 1. The standard InChI is InChI=1S/C16H17ClN2O3S/c1-9(2)14(16(21)22)19-13(20)7-12-8-23-15(18-12)10-4-3-5-11(17)6-10/h3-6,8-9,14H,7H2,1-2H3,(H,19,20)(H,21,22)/t14-/m1/s1. The largest absolute Gasteiger partial charge is 0.480 e. The highest BCUT2D eigenvalue weighted by atomic mass is 35.5. The Bertz CT molecular complexity index is 715. The van der Waals surface area contributed by atoms with Gasteiger partial charge in [0.15, 0.2) is 0 Å². The summed E-state index contributed by atoms with van der Waals surface area (Å²) >= 11 is 7.38. The predicted octanol–water partition coefficient (Wildman–Crippen LogP) is 3.23. The van der Waals surface area contributed by atoms with Crippen molar-refractivity contribution in [3.63, 3.8) is 0 Å². The topological polar surface area (TPSA) is 79.3 Å². The van der Waals surface area contributed by atoms with Crippen molar-refractivity contribution in [3.8, 4) is 10.6 Å². The molecule has 1 heterocycles. The number of carbonyl (C=O) groups is 2. The first-order valence-corrected chi connectivity index (χ1v) is 8.35. The van der Waals surface area contributed by atoms with Crippen LogP contribution in [0.4, 0.5) is 0 Å². The molecular formula is C16H17ClN2O3S. The molecule has 0 saturated heterocycles. The highest BCUT2D eigenvalue weighted by Crippen LogP contribution is 2.26. The molecule has 0 aliphatic heterocycles. The van der Waals surface area contributed by atoms with Crippen LogP contribution >= 0.6 is 22.9 Å². The summed E-state index contributed by atoms with van der Waals surface area (Å²) in [5.74, 6) is -1.57. The molecule has 0 spiro atoms. The lowest BCUT2D eigenvalue weighted by Crippen LogP contribution is -2.44. The maximum atomic E-state index is 12.0. The normalized spacial score (nSPS) is 12.2. The zero-order chi connectivity index (χ0) is 17.0. The van der Waals surface area contributed by atoms with E-state index in [9.17, 15) is 9.59 Å². The van der Waals surface area contributed by atoms with Crippen LogP contribution in [0.25, 0.3) is 10.6 Å². The van der Waals surface area contributed by atoms with Gasteiger partial charge in [-0.2, -0.15) is 0 Å². The molecule has 0 bridgehead atoms. The van der Waals surface area contributed by atoms with Gasteiger partial charge in [-0.05, 0) is 18.1 Å². The zero-order valence-corrected chi connectivity index (χ0v) is 14.3. The number of benzene rings is 1. The van der Waals surface area contributed by atoms with Crippen molar-refractivity contribution in [2.75, 3.05) is 0 Å². The van der Waals surface area contributed by atoms with Gasteiger partial charge in [0.1, 0.15) is 11.0 Å².